The molecule has 3 heteroatoms. The Kier molecular flexibility index (Phi) is 3.28. The average Bonchev–Trinajstić information content (AvgIpc) is 2.99. The highest BCUT2D eigenvalue weighted by Gasteiger charge is 2.19. The number of nitrogens with zero attached hydrogens (tertiary/aromatic N) is 1. The molecule has 110 valence electrons. The monoisotopic (exact) mass is 290 g/mol. The maximum Gasteiger partial charge on any atom is 0.226 e. The first-order chi connectivity index (χ1) is 10.8. The largest absolute Gasteiger partial charge is 0.441 e. The molecule has 1 N–H and O–H groups in total. The molecular formula is C19H18N2O. The number of rotatable bonds is 2. The minimum Gasteiger partial charge on any atom is -0.441 e. The summed E-state index contributed by atoms with van der Waals surface area (Å²) >= 11 is 0. The zero-order valence-electron chi connectivity index (χ0n) is 12.6. The van der Waals surface area contributed by atoms with Gasteiger partial charge >= 0.3 is 0 Å². The lowest BCUT2D eigenvalue weighted by molar-refractivity contribution is 0.483. The second-order valence-corrected chi connectivity index (χ2v) is 5.66. The van der Waals surface area contributed by atoms with Crippen LogP contribution in [0.25, 0.3) is 22.6 Å². The normalized spacial score (nSPS) is 13.9. The van der Waals surface area contributed by atoms with Crippen molar-refractivity contribution in [2.45, 2.75) is 19.9 Å². The van der Waals surface area contributed by atoms with Crippen LogP contribution < -0.4 is 5.32 Å². The Balaban J connectivity index is 1.81. The van der Waals surface area contributed by atoms with Gasteiger partial charge in [0.05, 0.1) is 5.69 Å². The summed E-state index contributed by atoms with van der Waals surface area (Å²) < 4.78 is 6.01. The van der Waals surface area contributed by atoms with Crippen LogP contribution in [0.3, 0.4) is 0 Å². The van der Waals surface area contributed by atoms with Crippen LogP contribution in [0.1, 0.15) is 17.0 Å². The minimum absolute atomic E-state index is 0.740. The molecular weight excluding hydrogens is 272 g/mol. The standard InChI is InChI=1S/C19H18N2O/c1-13-15(14-6-3-2-4-7-14)8-5-9-16(13)19-21-17-12-20-11-10-18(17)22-19/h2-9,20H,10-12H2,1H3. The van der Waals surface area contributed by atoms with Crippen LogP contribution in [0.4, 0.5) is 0 Å². The fraction of sp³-hybridized carbons (Fsp3) is 0.211. The highest BCUT2D eigenvalue weighted by Crippen LogP contribution is 2.32. The van der Waals surface area contributed by atoms with E-state index in [2.05, 4.69) is 59.7 Å². The number of fused-ring (bicyclic) bond motifs is 1. The van der Waals surface area contributed by atoms with Gasteiger partial charge in [-0.1, -0.05) is 42.5 Å². The Morgan fingerprint density at radius 1 is 1.00 bits per heavy atom. The van der Waals surface area contributed by atoms with Gasteiger partial charge in [-0.25, -0.2) is 4.98 Å². The van der Waals surface area contributed by atoms with Gasteiger partial charge in [-0.2, -0.15) is 0 Å². The smallest absolute Gasteiger partial charge is 0.226 e. The predicted molar refractivity (Wildman–Crippen MR) is 87.5 cm³/mol. The molecule has 3 nitrogen and oxygen atoms in total. The molecule has 0 saturated carbocycles. The number of hydrogen-bond donors (Lipinski definition) is 1. The van der Waals surface area contributed by atoms with E-state index in [-0.39, 0.29) is 0 Å². The van der Waals surface area contributed by atoms with Gasteiger partial charge in [-0.3, -0.25) is 0 Å². The second kappa shape index (κ2) is 5.43. The summed E-state index contributed by atoms with van der Waals surface area (Å²) in [6.07, 6.45) is 0.916. The molecule has 0 atom stereocenters. The van der Waals surface area contributed by atoms with E-state index in [4.69, 9.17) is 4.42 Å². The van der Waals surface area contributed by atoms with Crippen molar-refractivity contribution in [3.05, 3.63) is 65.5 Å². The summed E-state index contributed by atoms with van der Waals surface area (Å²) in [5, 5.41) is 3.34. The van der Waals surface area contributed by atoms with Crippen LogP contribution >= 0.6 is 0 Å². The Morgan fingerprint density at radius 3 is 2.64 bits per heavy atom. The molecule has 0 spiro atoms. The quantitative estimate of drug-likeness (QED) is 0.776. The number of aromatic nitrogens is 1. The maximum atomic E-state index is 6.01. The first kappa shape index (κ1) is 13.3. The topological polar surface area (TPSA) is 38.1 Å². The molecule has 0 saturated heterocycles. The van der Waals surface area contributed by atoms with E-state index in [1.807, 2.05) is 6.07 Å². The highest BCUT2D eigenvalue weighted by atomic mass is 16.4. The lowest BCUT2D eigenvalue weighted by Crippen LogP contribution is -2.22. The molecule has 4 rings (SSSR count). The number of nitrogens with one attached hydrogen (secondary N) is 1. The molecule has 0 fully saturated rings. The van der Waals surface area contributed by atoms with Gasteiger partial charge in [0.2, 0.25) is 5.89 Å². The van der Waals surface area contributed by atoms with Crippen LogP contribution in [0.15, 0.2) is 52.9 Å². The number of benzene rings is 2. The van der Waals surface area contributed by atoms with Crippen molar-refractivity contribution >= 4 is 0 Å². The van der Waals surface area contributed by atoms with Gasteiger partial charge in [0, 0.05) is 25.1 Å². The zero-order valence-corrected chi connectivity index (χ0v) is 12.6. The fourth-order valence-corrected chi connectivity index (χ4v) is 3.04. The van der Waals surface area contributed by atoms with E-state index in [1.165, 1.54) is 16.7 Å². The zero-order chi connectivity index (χ0) is 14.9. The molecule has 1 aliphatic rings. The first-order valence-electron chi connectivity index (χ1n) is 7.67. The molecule has 0 amide bonds. The Morgan fingerprint density at radius 2 is 1.82 bits per heavy atom. The molecule has 2 heterocycles. The summed E-state index contributed by atoms with van der Waals surface area (Å²) in [5.74, 6) is 1.77. The van der Waals surface area contributed by atoms with E-state index in [0.717, 1.165) is 42.4 Å². The first-order valence-corrected chi connectivity index (χ1v) is 7.67. The highest BCUT2D eigenvalue weighted by molar-refractivity contribution is 5.75. The summed E-state index contributed by atoms with van der Waals surface area (Å²) in [6.45, 7) is 3.90. The summed E-state index contributed by atoms with van der Waals surface area (Å²) in [7, 11) is 0. The van der Waals surface area contributed by atoms with Crippen molar-refractivity contribution in [2.24, 2.45) is 0 Å². The van der Waals surface area contributed by atoms with E-state index in [0.29, 0.717) is 0 Å². The van der Waals surface area contributed by atoms with Crippen molar-refractivity contribution in [1.82, 2.24) is 10.3 Å². The van der Waals surface area contributed by atoms with Gasteiger partial charge in [-0.15, -0.1) is 0 Å². The van der Waals surface area contributed by atoms with E-state index < -0.39 is 0 Å². The van der Waals surface area contributed by atoms with Gasteiger partial charge < -0.3 is 9.73 Å². The van der Waals surface area contributed by atoms with Crippen LogP contribution in [-0.2, 0) is 13.0 Å². The number of hydrogen-bond acceptors (Lipinski definition) is 3. The predicted octanol–water partition coefficient (Wildman–Crippen LogP) is 3.96. The van der Waals surface area contributed by atoms with Gasteiger partial charge in [0.15, 0.2) is 0 Å². The number of oxazole rings is 1. The summed E-state index contributed by atoms with van der Waals surface area (Å²) in [6, 6.07) is 16.8. The second-order valence-electron chi connectivity index (χ2n) is 5.66. The molecule has 0 aliphatic carbocycles. The molecule has 3 aromatic rings. The molecule has 0 bridgehead atoms. The third-order valence-electron chi connectivity index (χ3n) is 4.25. The SMILES string of the molecule is Cc1c(-c2ccccc2)cccc1-c1nc2c(o1)CCNC2. The van der Waals surface area contributed by atoms with Gasteiger partial charge in [0.1, 0.15) is 5.76 Å². The summed E-state index contributed by atoms with van der Waals surface area (Å²) in [4.78, 5) is 4.69. The van der Waals surface area contributed by atoms with Crippen LogP contribution in [-0.4, -0.2) is 11.5 Å². The van der Waals surface area contributed by atoms with Crippen molar-refractivity contribution in [1.29, 1.82) is 0 Å². The molecule has 0 radical (unpaired) electrons. The van der Waals surface area contributed by atoms with Gasteiger partial charge in [0.25, 0.3) is 0 Å². The lowest BCUT2D eigenvalue weighted by atomic mass is 9.96. The van der Waals surface area contributed by atoms with E-state index in [9.17, 15) is 0 Å². The van der Waals surface area contributed by atoms with Crippen molar-refractivity contribution < 1.29 is 4.42 Å². The molecule has 2 aromatic carbocycles. The van der Waals surface area contributed by atoms with Crippen molar-refractivity contribution in [2.75, 3.05) is 6.54 Å². The third kappa shape index (κ3) is 2.24. The average molecular weight is 290 g/mol. The minimum atomic E-state index is 0.740. The van der Waals surface area contributed by atoms with Gasteiger partial charge in [-0.05, 0) is 29.7 Å². The summed E-state index contributed by atoms with van der Waals surface area (Å²) in [5.41, 5.74) is 5.79. The van der Waals surface area contributed by atoms with Crippen LogP contribution in [0.5, 0.6) is 0 Å². The third-order valence-corrected chi connectivity index (χ3v) is 4.25. The van der Waals surface area contributed by atoms with E-state index in [1.54, 1.807) is 0 Å². The van der Waals surface area contributed by atoms with Crippen LogP contribution in [0, 0.1) is 6.92 Å². The Bertz CT molecular complexity index is 782. The molecule has 0 unspecified atom stereocenters. The maximum absolute atomic E-state index is 6.01. The molecule has 1 aliphatic heterocycles. The fourth-order valence-electron chi connectivity index (χ4n) is 3.04. The molecule has 22 heavy (non-hydrogen) atoms. The van der Waals surface area contributed by atoms with Crippen molar-refractivity contribution in [3.8, 4) is 22.6 Å². The Hall–Kier alpha value is -2.39. The lowest BCUT2D eigenvalue weighted by Gasteiger charge is -2.09. The Labute approximate surface area is 130 Å². The van der Waals surface area contributed by atoms with Crippen molar-refractivity contribution in [3.63, 3.8) is 0 Å². The van der Waals surface area contributed by atoms with E-state index >= 15 is 0 Å². The molecule has 1 aromatic heterocycles. The van der Waals surface area contributed by atoms with Crippen LogP contribution in [0.2, 0.25) is 0 Å².